The molecule has 4 nitrogen and oxygen atoms in total. The average molecular weight is 284 g/mol. The van der Waals surface area contributed by atoms with Gasteiger partial charge in [0.2, 0.25) is 5.91 Å². The molecule has 1 aromatic carbocycles. The number of amides is 1. The monoisotopic (exact) mass is 284 g/mol. The summed E-state index contributed by atoms with van der Waals surface area (Å²) in [5.41, 5.74) is 6.37. The van der Waals surface area contributed by atoms with Crippen LogP contribution in [0.1, 0.15) is 24.8 Å². The fourth-order valence-corrected chi connectivity index (χ4v) is 2.03. The van der Waals surface area contributed by atoms with Crippen molar-refractivity contribution in [3.8, 4) is 5.75 Å². The summed E-state index contributed by atoms with van der Waals surface area (Å²) in [6, 6.07) is 6.28. The van der Waals surface area contributed by atoms with Crippen LogP contribution in [-0.2, 0) is 11.3 Å². The topological polar surface area (TPSA) is 64.4 Å². The predicted molar refractivity (Wildman–Crippen MR) is 70.2 cm³/mol. The Kier molecular flexibility index (Phi) is 4.89. The Balaban J connectivity index is 1.84. The van der Waals surface area contributed by atoms with E-state index >= 15 is 0 Å². The van der Waals surface area contributed by atoms with E-state index in [9.17, 15) is 13.6 Å². The molecule has 1 amide bonds. The summed E-state index contributed by atoms with van der Waals surface area (Å²) in [5, 5.41) is 2.68. The van der Waals surface area contributed by atoms with Gasteiger partial charge in [0, 0.05) is 24.6 Å². The number of halogens is 2. The van der Waals surface area contributed by atoms with Gasteiger partial charge < -0.3 is 15.8 Å². The van der Waals surface area contributed by atoms with E-state index in [1.54, 1.807) is 18.2 Å². The molecular formula is C14H18F2N2O2. The van der Waals surface area contributed by atoms with Crippen LogP contribution in [0.2, 0.25) is 0 Å². The Bertz CT molecular complexity index is 464. The number of nitrogens with one attached hydrogen (secondary N) is 1. The summed E-state index contributed by atoms with van der Waals surface area (Å²) in [6.07, 6.45) is 2.43. The highest BCUT2D eigenvalue weighted by molar-refractivity contribution is 5.76. The summed E-state index contributed by atoms with van der Waals surface area (Å²) in [6.45, 7) is -2.73. The predicted octanol–water partition coefficient (Wildman–Crippen LogP) is 2.03. The van der Waals surface area contributed by atoms with Gasteiger partial charge in [0.05, 0.1) is 0 Å². The number of alkyl halides is 2. The maximum atomic E-state index is 12.2. The first-order valence-corrected chi connectivity index (χ1v) is 6.61. The second-order valence-electron chi connectivity index (χ2n) is 4.97. The number of benzene rings is 1. The van der Waals surface area contributed by atoms with Gasteiger partial charge in [0.25, 0.3) is 0 Å². The van der Waals surface area contributed by atoms with Crippen molar-refractivity contribution in [1.82, 2.24) is 5.32 Å². The number of ether oxygens (including phenoxy) is 1. The molecular weight excluding hydrogens is 266 g/mol. The standard InChI is InChI=1S/C14H18F2N2O2/c15-14(16)20-12-4-2-1-3-10(12)8-18-13(19)7-11(17)9-5-6-9/h1-4,9,11,14H,5-8,17H2,(H,18,19). The lowest BCUT2D eigenvalue weighted by Gasteiger charge is -2.13. The molecule has 0 aliphatic heterocycles. The smallest absolute Gasteiger partial charge is 0.387 e. The van der Waals surface area contributed by atoms with Crippen LogP contribution >= 0.6 is 0 Å². The maximum absolute atomic E-state index is 12.2. The third kappa shape index (κ3) is 4.45. The van der Waals surface area contributed by atoms with Gasteiger partial charge in [-0.3, -0.25) is 4.79 Å². The molecule has 0 bridgehead atoms. The van der Waals surface area contributed by atoms with Crippen LogP contribution in [0.5, 0.6) is 5.75 Å². The quantitative estimate of drug-likeness (QED) is 0.805. The van der Waals surface area contributed by atoms with Crippen molar-refractivity contribution < 1.29 is 18.3 Å². The molecule has 1 aromatic rings. The van der Waals surface area contributed by atoms with Crippen molar-refractivity contribution in [2.24, 2.45) is 11.7 Å². The highest BCUT2D eigenvalue weighted by Gasteiger charge is 2.29. The Hall–Kier alpha value is -1.69. The lowest BCUT2D eigenvalue weighted by atomic mass is 10.1. The SMILES string of the molecule is NC(CC(=O)NCc1ccccc1OC(F)F)C1CC1. The van der Waals surface area contributed by atoms with Gasteiger partial charge >= 0.3 is 6.61 Å². The first kappa shape index (κ1) is 14.7. The minimum atomic E-state index is -2.88. The number of carbonyl (C=O) groups is 1. The highest BCUT2D eigenvalue weighted by atomic mass is 19.3. The van der Waals surface area contributed by atoms with E-state index in [4.69, 9.17) is 5.73 Å². The van der Waals surface area contributed by atoms with Crippen molar-refractivity contribution in [3.63, 3.8) is 0 Å². The second kappa shape index (κ2) is 6.65. The van der Waals surface area contributed by atoms with Crippen LogP contribution in [0.3, 0.4) is 0 Å². The van der Waals surface area contributed by atoms with E-state index in [0.717, 1.165) is 12.8 Å². The third-order valence-electron chi connectivity index (χ3n) is 3.31. The summed E-state index contributed by atoms with van der Waals surface area (Å²) in [5.74, 6) is 0.362. The van der Waals surface area contributed by atoms with Crippen LogP contribution in [-0.4, -0.2) is 18.6 Å². The first-order valence-electron chi connectivity index (χ1n) is 6.61. The zero-order valence-electron chi connectivity index (χ0n) is 11.0. The van der Waals surface area contributed by atoms with Crippen molar-refractivity contribution in [2.45, 2.75) is 38.5 Å². The second-order valence-corrected chi connectivity index (χ2v) is 4.97. The molecule has 1 saturated carbocycles. The first-order chi connectivity index (χ1) is 9.56. The lowest BCUT2D eigenvalue weighted by molar-refractivity contribution is -0.121. The number of carbonyl (C=O) groups excluding carboxylic acids is 1. The zero-order chi connectivity index (χ0) is 14.5. The molecule has 1 atom stereocenters. The zero-order valence-corrected chi connectivity index (χ0v) is 11.0. The molecule has 0 radical (unpaired) electrons. The van der Waals surface area contributed by atoms with Gasteiger partial charge in [0.1, 0.15) is 5.75 Å². The molecule has 2 rings (SSSR count). The van der Waals surface area contributed by atoms with E-state index in [1.807, 2.05) is 0 Å². The molecule has 110 valence electrons. The summed E-state index contributed by atoms with van der Waals surface area (Å²) in [4.78, 5) is 11.7. The minimum Gasteiger partial charge on any atom is -0.434 e. The lowest BCUT2D eigenvalue weighted by Crippen LogP contribution is -2.32. The Morgan fingerprint density at radius 1 is 1.40 bits per heavy atom. The largest absolute Gasteiger partial charge is 0.434 e. The van der Waals surface area contributed by atoms with E-state index < -0.39 is 6.61 Å². The van der Waals surface area contributed by atoms with E-state index in [-0.39, 0.29) is 30.7 Å². The average Bonchev–Trinajstić information content (AvgIpc) is 3.21. The van der Waals surface area contributed by atoms with Gasteiger partial charge in [-0.1, -0.05) is 18.2 Å². The van der Waals surface area contributed by atoms with Crippen LogP contribution in [0, 0.1) is 5.92 Å². The van der Waals surface area contributed by atoms with Crippen molar-refractivity contribution in [3.05, 3.63) is 29.8 Å². The van der Waals surface area contributed by atoms with Gasteiger partial charge in [-0.15, -0.1) is 0 Å². The molecule has 1 unspecified atom stereocenters. The number of para-hydroxylation sites is 1. The maximum Gasteiger partial charge on any atom is 0.387 e. The fraction of sp³-hybridized carbons (Fsp3) is 0.500. The van der Waals surface area contributed by atoms with Crippen LogP contribution in [0.4, 0.5) is 8.78 Å². The van der Waals surface area contributed by atoms with Gasteiger partial charge in [-0.2, -0.15) is 8.78 Å². The molecule has 3 N–H and O–H groups in total. The third-order valence-corrected chi connectivity index (χ3v) is 3.31. The van der Waals surface area contributed by atoms with E-state index in [0.29, 0.717) is 11.5 Å². The molecule has 20 heavy (non-hydrogen) atoms. The number of hydrogen-bond donors (Lipinski definition) is 2. The number of hydrogen-bond acceptors (Lipinski definition) is 3. The summed E-state index contributed by atoms with van der Waals surface area (Å²) in [7, 11) is 0. The highest BCUT2D eigenvalue weighted by Crippen LogP contribution is 2.32. The van der Waals surface area contributed by atoms with E-state index in [2.05, 4.69) is 10.1 Å². The normalized spacial score (nSPS) is 16.0. The summed E-state index contributed by atoms with van der Waals surface area (Å²) >= 11 is 0. The Morgan fingerprint density at radius 3 is 2.75 bits per heavy atom. The van der Waals surface area contributed by atoms with Gasteiger partial charge in [-0.25, -0.2) is 0 Å². The fourth-order valence-electron chi connectivity index (χ4n) is 2.03. The van der Waals surface area contributed by atoms with Crippen molar-refractivity contribution in [2.75, 3.05) is 0 Å². The molecule has 0 spiro atoms. The molecule has 6 heteroatoms. The number of rotatable bonds is 7. The van der Waals surface area contributed by atoms with Crippen LogP contribution < -0.4 is 15.8 Å². The van der Waals surface area contributed by atoms with Gasteiger partial charge in [0.15, 0.2) is 0 Å². The molecule has 1 fully saturated rings. The summed E-state index contributed by atoms with van der Waals surface area (Å²) < 4.78 is 28.9. The molecule has 1 aliphatic carbocycles. The van der Waals surface area contributed by atoms with Crippen molar-refractivity contribution in [1.29, 1.82) is 0 Å². The molecule has 1 aliphatic rings. The van der Waals surface area contributed by atoms with Crippen molar-refractivity contribution >= 4 is 5.91 Å². The molecule has 0 saturated heterocycles. The van der Waals surface area contributed by atoms with E-state index in [1.165, 1.54) is 6.07 Å². The number of nitrogens with two attached hydrogens (primary N) is 1. The Morgan fingerprint density at radius 2 is 2.10 bits per heavy atom. The minimum absolute atomic E-state index is 0.0780. The van der Waals surface area contributed by atoms with Crippen LogP contribution in [0.15, 0.2) is 24.3 Å². The molecule has 0 aromatic heterocycles. The van der Waals surface area contributed by atoms with Crippen LogP contribution in [0.25, 0.3) is 0 Å². The molecule has 0 heterocycles. The van der Waals surface area contributed by atoms with Gasteiger partial charge in [-0.05, 0) is 24.8 Å². The Labute approximate surface area is 116 Å².